The summed E-state index contributed by atoms with van der Waals surface area (Å²) < 4.78 is 6.84. The van der Waals surface area contributed by atoms with Gasteiger partial charge in [-0.15, -0.1) is 0 Å². The number of hydrogen-bond acceptors (Lipinski definition) is 4. The van der Waals surface area contributed by atoms with E-state index in [1.165, 1.54) is 7.11 Å². The van der Waals surface area contributed by atoms with Gasteiger partial charge in [0.05, 0.1) is 31.0 Å². The van der Waals surface area contributed by atoms with Crippen LogP contribution in [0.3, 0.4) is 0 Å². The molecule has 2 heterocycles. The third-order valence-corrected chi connectivity index (χ3v) is 5.11. The van der Waals surface area contributed by atoms with Gasteiger partial charge in [-0.3, -0.25) is 4.79 Å². The van der Waals surface area contributed by atoms with Gasteiger partial charge in [-0.2, -0.15) is 5.10 Å². The number of para-hydroxylation sites is 1. The fourth-order valence-corrected chi connectivity index (χ4v) is 3.60. The number of guanidine groups is 1. The van der Waals surface area contributed by atoms with E-state index >= 15 is 0 Å². The maximum atomic E-state index is 12.0. The highest BCUT2D eigenvalue weighted by atomic mass is 16.5. The van der Waals surface area contributed by atoms with Gasteiger partial charge in [0.1, 0.15) is 0 Å². The minimum atomic E-state index is -0.148. The molecule has 0 amide bonds. The molecule has 1 N–H and O–H groups in total. The van der Waals surface area contributed by atoms with Gasteiger partial charge < -0.3 is 15.0 Å². The van der Waals surface area contributed by atoms with Crippen molar-refractivity contribution in [3.05, 3.63) is 47.8 Å². The highest BCUT2D eigenvalue weighted by Gasteiger charge is 2.36. The second-order valence-electron chi connectivity index (χ2n) is 7.21. The van der Waals surface area contributed by atoms with Crippen molar-refractivity contribution in [3.8, 4) is 5.69 Å². The van der Waals surface area contributed by atoms with Gasteiger partial charge in [-0.1, -0.05) is 25.1 Å². The van der Waals surface area contributed by atoms with Crippen molar-refractivity contribution in [1.29, 1.82) is 0 Å². The predicted octanol–water partition coefficient (Wildman–Crippen LogP) is 2.39. The lowest BCUT2D eigenvalue weighted by Gasteiger charge is -2.21. The van der Waals surface area contributed by atoms with Crippen molar-refractivity contribution >= 4 is 11.9 Å². The molecule has 0 aliphatic carbocycles. The number of carbonyl (C=O) groups is 1. The van der Waals surface area contributed by atoms with Crippen LogP contribution in [0.5, 0.6) is 0 Å². The summed E-state index contributed by atoms with van der Waals surface area (Å²) in [7, 11) is 1.45. The number of esters is 1. The van der Waals surface area contributed by atoms with Crippen LogP contribution >= 0.6 is 0 Å². The molecule has 2 aromatic rings. The van der Waals surface area contributed by atoms with E-state index < -0.39 is 0 Å². The first-order chi connectivity index (χ1) is 13.5. The molecule has 0 saturated carbocycles. The number of hydrogen-bond donors (Lipinski definition) is 1. The average Bonchev–Trinajstić information content (AvgIpc) is 3.30. The van der Waals surface area contributed by atoms with E-state index in [4.69, 9.17) is 9.73 Å². The van der Waals surface area contributed by atoms with Gasteiger partial charge in [0.25, 0.3) is 0 Å². The summed E-state index contributed by atoms with van der Waals surface area (Å²) in [6, 6.07) is 10.1. The maximum absolute atomic E-state index is 12.0. The standard InChI is InChI=1S/C21H29N5O2/c1-5-22-21(25-13-15(2)18(14-25)20(27)28-4)23-12-17-8-6-7-9-19(17)26-11-10-16(3)24-26/h6-11,15,18H,5,12-14H2,1-4H3,(H,22,23). The zero-order valence-electron chi connectivity index (χ0n) is 17.1. The fourth-order valence-electron chi connectivity index (χ4n) is 3.60. The molecule has 0 spiro atoms. The number of rotatable bonds is 5. The topological polar surface area (TPSA) is 71.8 Å². The summed E-state index contributed by atoms with van der Waals surface area (Å²) in [4.78, 5) is 19.0. The zero-order chi connectivity index (χ0) is 20.1. The van der Waals surface area contributed by atoms with Crippen LogP contribution in [-0.4, -0.2) is 53.4 Å². The van der Waals surface area contributed by atoms with E-state index in [0.717, 1.165) is 36.0 Å². The number of carbonyl (C=O) groups excluding carboxylic acids is 1. The molecule has 1 saturated heterocycles. The number of likely N-dealkylation sites (tertiary alicyclic amines) is 1. The lowest BCUT2D eigenvalue weighted by molar-refractivity contribution is -0.145. The molecule has 1 aliphatic heterocycles. The van der Waals surface area contributed by atoms with Gasteiger partial charge >= 0.3 is 5.97 Å². The van der Waals surface area contributed by atoms with Crippen molar-refractivity contribution in [3.63, 3.8) is 0 Å². The van der Waals surface area contributed by atoms with Crippen LogP contribution in [0.4, 0.5) is 0 Å². The molecule has 1 aromatic carbocycles. The summed E-state index contributed by atoms with van der Waals surface area (Å²) in [6.07, 6.45) is 1.96. The molecule has 7 nitrogen and oxygen atoms in total. The van der Waals surface area contributed by atoms with Crippen LogP contribution in [0.1, 0.15) is 25.1 Å². The Kier molecular flexibility index (Phi) is 6.34. The maximum Gasteiger partial charge on any atom is 0.310 e. The Labute approximate surface area is 166 Å². The number of benzene rings is 1. The highest BCUT2D eigenvalue weighted by Crippen LogP contribution is 2.24. The predicted molar refractivity (Wildman–Crippen MR) is 109 cm³/mol. The Morgan fingerprint density at radius 2 is 2.11 bits per heavy atom. The molecule has 7 heteroatoms. The first kappa shape index (κ1) is 19.9. The molecular formula is C21H29N5O2. The Balaban J connectivity index is 1.80. The molecule has 2 unspecified atom stereocenters. The van der Waals surface area contributed by atoms with Crippen LogP contribution < -0.4 is 5.32 Å². The van der Waals surface area contributed by atoms with Gasteiger partial charge in [-0.05, 0) is 37.5 Å². The largest absolute Gasteiger partial charge is 0.469 e. The second kappa shape index (κ2) is 8.91. The normalized spacial score (nSPS) is 19.7. The zero-order valence-corrected chi connectivity index (χ0v) is 17.1. The lowest BCUT2D eigenvalue weighted by Crippen LogP contribution is -2.40. The molecule has 0 radical (unpaired) electrons. The van der Waals surface area contributed by atoms with Crippen molar-refractivity contribution in [1.82, 2.24) is 20.0 Å². The first-order valence-electron chi connectivity index (χ1n) is 9.75. The monoisotopic (exact) mass is 383 g/mol. The van der Waals surface area contributed by atoms with Crippen LogP contribution in [0.2, 0.25) is 0 Å². The first-order valence-corrected chi connectivity index (χ1v) is 9.75. The molecule has 3 rings (SSSR count). The SMILES string of the molecule is CCNC(=NCc1ccccc1-n1ccc(C)n1)N1CC(C)C(C(=O)OC)C1. The quantitative estimate of drug-likeness (QED) is 0.488. The molecule has 28 heavy (non-hydrogen) atoms. The van der Waals surface area contributed by atoms with Gasteiger partial charge in [-0.25, -0.2) is 9.67 Å². The van der Waals surface area contributed by atoms with Crippen molar-refractivity contribution in [2.24, 2.45) is 16.8 Å². The number of aryl methyl sites for hydroxylation is 1. The van der Waals surface area contributed by atoms with Crippen LogP contribution in [-0.2, 0) is 16.1 Å². The van der Waals surface area contributed by atoms with Gasteiger partial charge in [0, 0.05) is 25.8 Å². The fraction of sp³-hybridized carbons (Fsp3) is 0.476. The Bertz CT molecular complexity index is 845. The molecule has 0 bridgehead atoms. The van der Waals surface area contributed by atoms with E-state index in [9.17, 15) is 4.79 Å². The smallest absolute Gasteiger partial charge is 0.310 e. The second-order valence-corrected chi connectivity index (χ2v) is 7.21. The van der Waals surface area contributed by atoms with Crippen LogP contribution in [0, 0.1) is 18.8 Å². The number of methoxy groups -OCH3 is 1. The molecule has 1 aromatic heterocycles. The third-order valence-electron chi connectivity index (χ3n) is 5.11. The van der Waals surface area contributed by atoms with Crippen molar-refractivity contribution in [2.75, 3.05) is 26.7 Å². The number of aromatic nitrogens is 2. The summed E-state index contributed by atoms with van der Waals surface area (Å²) in [6.45, 7) is 8.82. The van der Waals surface area contributed by atoms with E-state index in [0.29, 0.717) is 13.1 Å². The molecule has 150 valence electrons. The number of nitrogens with one attached hydrogen (secondary N) is 1. The molecular weight excluding hydrogens is 354 g/mol. The van der Waals surface area contributed by atoms with Crippen LogP contribution in [0.25, 0.3) is 5.69 Å². The molecule has 2 atom stereocenters. The Morgan fingerprint density at radius 1 is 1.32 bits per heavy atom. The van der Waals surface area contributed by atoms with Crippen molar-refractivity contribution in [2.45, 2.75) is 27.3 Å². The number of ether oxygens (including phenoxy) is 1. The number of aliphatic imine (C=N–C) groups is 1. The number of nitrogens with zero attached hydrogens (tertiary/aromatic N) is 4. The molecule has 1 fully saturated rings. The van der Waals surface area contributed by atoms with Gasteiger partial charge in [0.2, 0.25) is 0 Å². The van der Waals surface area contributed by atoms with Crippen LogP contribution in [0.15, 0.2) is 41.5 Å². The van der Waals surface area contributed by atoms with E-state index in [-0.39, 0.29) is 17.8 Å². The summed E-state index contributed by atoms with van der Waals surface area (Å²) in [5.74, 6) is 0.793. The summed E-state index contributed by atoms with van der Waals surface area (Å²) in [5.41, 5.74) is 3.10. The Hall–Kier alpha value is -2.83. The average molecular weight is 383 g/mol. The third kappa shape index (κ3) is 4.35. The minimum Gasteiger partial charge on any atom is -0.469 e. The summed E-state index contributed by atoms with van der Waals surface area (Å²) in [5, 5.41) is 7.88. The van der Waals surface area contributed by atoms with Gasteiger partial charge in [0.15, 0.2) is 5.96 Å². The molecule has 1 aliphatic rings. The van der Waals surface area contributed by atoms with E-state index in [1.807, 2.05) is 42.9 Å². The summed E-state index contributed by atoms with van der Waals surface area (Å²) >= 11 is 0. The highest BCUT2D eigenvalue weighted by molar-refractivity contribution is 5.82. The van der Waals surface area contributed by atoms with E-state index in [2.05, 4.69) is 34.4 Å². The minimum absolute atomic E-state index is 0.117. The Morgan fingerprint density at radius 3 is 2.79 bits per heavy atom. The van der Waals surface area contributed by atoms with E-state index in [1.54, 1.807) is 0 Å². The lowest BCUT2D eigenvalue weighted by atomic mass is 9.99. The van der Waals surface area contributed by atoms with Crippen molar-refractivity contribution < 1.29 is 9.53 Å².